The highest BCUT2D eigenvalue weighted by Crippen LogP contribution is 2.29. The van der Waals surface area contributed by atoms with Gasteiger partial charge in [-0.1, -0.05) is 30.7 Å². The molecule has 1 saturated heterocycles. The van der Waals surface area contributed by atoms with Crippen molar-refractivity contribution in [3.05, 3.63) is 65.5 Å². The number of carbonyl (C=O) groups excluding carboxylic acids is 1. The number of piperidine rings is 1. The van der Waals surface area contributed by atoms with Crippen LogP contribution in [-0.2, 0) is 17.8 Å². The van der Waals surface area contributed by atoms with Crippen LogP contribution in [0.5, 0.6) is 5.75 Å². The molecule has 0 N–H and O–H groups in total. The molecule has 1 amide bonds. The molecule has 1 heterocycles. The van der Waals surface area contributed by atoms with Crippen LogP contribution < -0.4 is 4.74 Å². The first-order chi connectivity index (χ1) is 14.7. The quantitative estimate of drug-likeness (QED) is 0.613. The molecule has 30 heavy (non-hydrogen) atoms. The number of likely N-dealkylation sites (tertiary alicyclic amines) is 1. The van der Waals surface area contributed by atoms with Gasteiger partial charge in [0, 0.05) is 19.1 Å². The Kier molecular flexibility index (Phi) is 7.00. The second-order valence-electron chi connectivity index (χ2n) is 8.45. The summed E-state index contributed by atoms with van der Waals surface area (Å²) in [5.74, 6) is 0.689. The lowest BCUT2D eigenvalue weighted by Crippen LogP contribution is -2.34. The van der Waals surface area contributed by atoms with Gasteiger partial charge in [-0.2, -0.15) is 0 Å². The minimum Gasteiger partial charge on any atom is -0.492 e. The second-order valence-corrected chi connectivity index (χ2v) is 8.45. The number of ether oxygens (including phenoxy) is 1. The van der Waals surface area contributed by atoms with Crippen molar-refractivity contribution >= 4 is 5.91 Å². The fourth-order valence-electron chi connectivity index (χ4n) is 4.09. The van der Waals surface area contributed by atoms with E-state index in [1.54, 1.807) is 12.1 Å². The van der Waals surface area contributed by atoms with Crippen molar-refractivity contribution in [1.82, 2.24) is 9.80 Å². The third-order valence-electron chi connectivity index (χ3n) is 5.95. The predicted octanol–water partition coefficient (Wildman–Crippen LogP) is 4.42. The minimum atomic E-state index is -0.276. The topological polar surface area (TPSA) is 32.8 Å². The highest BCUT2D eigenvalue weighted by molar-refractivity contribution is 5.79. The van der Waals surface area contributed by atoms with Crippen molar-refractivity contribution in [2.45, 2.75) is 51.1 Å². The Labute approximate surface area is 178 Å². The maximum Gasteiger partial charge on any atom is 0.227 e. The fourth-order valence-corrected chi connectivity index (χ4v) is 4.09. The third-order valence-corrected chi connectivity index (χ3v) is 5.95. The lowest BCUT2D eigenvalue weighted by Gasteiger charge is -2.26. The van der Waals surface area contributed by atoms with E-state index in [9.17, 15) is 9.18 Å². The molecule has 1 aliphatic carbocycles. The summed E-state index contributed by atoms with van der Waals surface area (Å²) in [5.41, 5.74) is 1.94. The lowest BCUT2D eigenvalue weighted by atomic mass is 10.1. The number of rotatable bonds is 9. The first-order valence-corrected chi connectivity index (χ1v) is 11.2. The number of hydrogen-bond donors (Lipinski definition) is 0. The van der Waals surface area contributed by atoms with Crippen molar-refractivity contribution in [2.24, 2.45) is 0 Å². The summed E-state index contributed by atoms with van der Waals surface area (Å²) in [5, 5.41) is 0. The molecule has 0 spiro atoms. The van der Waals surface area contributed by atoms with Crippen LogP contribution >= 0.6 is 0 Å². The van der Waals surface area contributed by atoms with Crippen LogP contribution in [0.1, 0.15) is 43.2 Å². The zero-order chi connectivity index (χ0) is 20.8. The standard InChI is InChI=1S/C25H31FN2O2/c26-22-9-7-20(8-10-22)18-25(29)28(23-11-12-23)19-21-5-4-6-24(17-21)30-16-15-27-13-2-1-3-14-27/h4-10,17,23H,1-3,11-16,18-19H2. The first-order valence-electron chi connectivity index (χ1n) is 11.2. The minimum absolute atomic E-state index is 0.0977. The van der Waals surface area contributed by atoms with Crippen LogP contribution in [0, 0.1) is 5.82 Å². The van der Waals surface area contributed by atoms with Crippen LogP contribution in [0.4, 0.5) is 4.39 Å². The number of halogens is 1. The molecular weight excluding hydrogens is 379 g/mol. The van der Waals surface area contributed by atoms with E-state index in [0.29, 0.717) is 25.6 Å². The molecular formula is C25H31FN2O2. The molecule has 0 bridgehead atoms. The summed E-state index contributed by atoms with van der Waals surface area (Å²) in [6, 6.07) is 14.6. The van der Waals surface area contributed by atoms with Gasteiger partial charge in [0.15, 0.2) is 0 Å². The molecule has 2 aromatic carbocycles. The molecule has 5 heteroatoms. The van der Waals surface area contributed by atoms with Gasteiger partial charge in [0.25, 0.3) is 0 Å². The SMILES string of the molecule is O=C(Cc1ccc(F)cc1)N(Cc1cccc(OCCN2CCCCC2)c1)C1CC1. The van der Waals surface area contributed by atoms with E-state index >= 15 is 0 Å². The van der Waals surface area contributed by atoms with Crippen molar-refractivity contribution < 1.29 is 13.9 Å². The lowest BCUT2D eigenvalue weighted by molar-refractivity contribution is -0.131. The van der Waals surface area contributed by atoms with Crippen LogP contribution in [0.15, 0.2) is 48.5 Å². The van der Waals surface area contributed by atoms with E-state index in [1.165, 1.54) is 44.5 Å². The largest absolute Gasteiger partial charge is 0.492 e. The van der Waals surface area contributed by atoms with Crippen molar-refractivity contribution in [3.63, 3.8) is 0 Å². The van der Waals surface area contributed by atoms with Gasteiger partial charge in [0.1, 0.15) is 18.2 Å². The molecule has 2 aromatic rings. The Morgan fingerprint density at radius 2 is 1.80 bits per heavy atom. The Hall–Kier alpha value is -2.40. The molecule has 0 radical (unpaired) electrons. The monoisotopic (exact) mass is 410 g/mol. The van der Waals surface area contributed by atoms with E-state index in [4.69, 9.17) is 4.74 Å². The zero-order valence-electron chi connectivity index (χ0n) is 17.6. The zero-order valence-corrected chi connectivity index (χ0v) is 17.6. The van der Waals surface area contributed by atoms with Gasteiger partial charge in [-0.15, -0.1) is 0 Å². The number of nitrogens with zero attached hydrogens (tertiary/aromatic N) is 2. The number of carbonyl (C=O) groups is 1. The van der Waals surface area contributed by atoms with Gasteiger partial charge in [-0.25, -0.2) is 4.39 Å². The van der Waals surface area contributed by atoms with Crippen LogP contribution in [-0.4, -0.2) is 48.0 Å². The van der Waals surface area contributed by atoms with Gasteiger partial charge in [-0.3, -0.25) is 9.69 Å². The van der Waals surface area contributed by atoms with Crippen molar-refractivity contribution in [1.29, 1.82) is 0 Å². The van der Waals surface area contributed by atoms with Gasteiger partial charge >= 0.3 is 0 Å². The number of amides is 1. The Balaban J connectivity index is 1.32. The summed E-state index contributed by atoms with van der Waals surface area (Å²) in [6.07, 6.45) is 6.35. The summed E-state index contributed by atoms with van der Waals surface area (Å²) in [4.78, 5) is 17.3. The molecule has 2 aliphatic rings. The van der Waals surface area contributed by atoms with E-state index in [-0.39, 0.29) is 11.7 Å². The predicted molar refractivity (Wildman–Crippen MR) is 116 cm³/mol. The van der Waals surface area contributed by atoms with Crippen LogP contribution in [0.3, 0.4) is 0 Å². The van der Waals surface area contributed by atoms with Crippen molar-refractivity contribution in [3.8, 4) is 5.75 Å². The summed E-state index contributed by atoms with van der Waals surface area (Å²) in [7, 11) is 0. The fraction of sp³-hybridized carbons (Fsp3) is 0.480. The average Bonchev–Trinajstić information content (AvgIpc) is 3.60. The molecule has 160 valence electrons. The maximum absolute atomic E-state index is 13.1. The molecule has 0 aromatic heterocycles. The van der Waals surface area contributed by atoms with Crippen LogP contribution in [0.2, 0.25) is 0 Å². The maximum atomic E-state index is 13.1. The Morgan fingerprint density at radius 3 is 2.53 bits per heavy atom. The third kappa shape index (κ3) is 6.05. The summed E-state index contributed by atoms with van der Waals surface area (Å²) >= 11 is 0. The average molecular weight is 411 g/mol. The molecule has 1 aliphatic heterocycles. The van der Waals surface area contributed by atoms with Gasteiger partial charge in [-0.05, 0) is 74.2 Å². The molecule has 1 saturated carbocycles. The van der Waals surface area contributed by atoms with Gasteiger partial charge in [0.05, 0.1) is 6.42 Å². The molecule has 0 unspecified atom stereocenters. The van der Waals surface area contributed by atoms with Gasteiger partial charge in [0.2, 0.25) is 5.91 Å². The normalized spacial score (nSPS) is 17.0. The van der Waals surface area contributed by atoms with Crippen molar-refractivity contribution in [2.75, 3.05) is 26.2 Å². The molecule has 4 rings (SSSR count). The Bertz CT molecular complexity index is 829. The van der Waals surface area contributed by atoms with Gasteiger partial charge < -0.3 is 9.64 Å². The smallest absolute Gasteiger partial charge is 0.227 e. The summed E-state index contributed by atoms with van der Waals surface area (Å²) in [6.45, 7) is 4.60. The number of benzene rings is 2. The first kappa shape index (κ1) is 20.9. The molecule has 4 nitrogen and oxygen atoms in total. The number of hydrogen-bond acceptors (Lipinski definition) is 3. The van der Waals surface area contributed by atoms with E-state index in [1.807, 2.05) is 17.0 Å². The highest BCUT2D eigenvalue weighted by atomic mass is 19.1. The van der Waals surface area contributed by atoms with E-state index in [0.717, 1.165) is 36.3 Å². The molecule has 2 fully saturated rings. The van der Waals surface area contributed by atoms with E-state index < -0.39 is 0 Å². The second kappa shape index (κ2) is 10.1. The highest BCUT2D eigenvalue weighted by Gasteiger charge is 2.32. The molecule has 0 atom stereocenters. The Morgan fingerprint density at radius 1 is 1.03 bits per heavy atom. The summed E-state index contributed by atoms with van der Waals surface area (Å²) < 4.78 is 19.1. The van der Waals surface area contributed by atoms with Crippen LogP contribution in [0.25, 0.3) is 0 Å². The van der Waals surface area contributed by atoms with E-state index in [2.05, 4.69) is 17.0 Å².